The second-order valence-electron chi connectivity index (χ2n) is 8.46. The summed E-state index contributed by atoms with van der Waals surface area (Å²) in [5, 5.41) is 3.09. The second-order valence-corrected chi connectivity index (χ2v) is 8.46. The Hall–Kier alpha value is -1.10. The Morgan fingerprint density at radius 2 is 1.79 bits per heavy atom. The highest BCUT2D eigenvalue weighted by Crippen LogP contribution is 2.63. The predicted octanol–water partition coefficient (Wildman–Crippen LogP) is 2.24. The van der Waals surface area contributed by atoms with Crippen molar-refractivity contribution in [3.8, 4) is 0 Å². The first-order valence-corrected chi connectivity index (χ1v) is 9.75. The van der Waals surface area contributed by atoms with Crippen LogP contribution in [0.5, 0.6) is 0 Å². The van der Waals surface area contributed by atoms with Crippen LogP contribution in [0.1, 0.15) is 64.7 Å². The Bertz CT molecular complexity index is 519. The summed E-state index contributed by atoms with van der Waals surface area (Å²) in [7, 11) is 0. The number of rotatable bonds is 2. The minimum atomic E-state index is -0.255. The van der Waals surface area contributed by atoms with Crippen LogP contribution in [0.25, 0.3) is 0 Å². The first-order valence-electron chi connectivity index (χ1n) is 9.75. The molecule has 2 unspecified atom stereocenters. The maximum atomic E-state index is 12.9. The third-order valence-electron chi connectivity index (χ3n) is 7.05. The van der Waals surface area contributed by atoms with E-state index in [-0.39, 0.29) is 17.6 Å². The maximum Gasteiger partial charge on any atom is 0.226 e. The van der Waals surface area contributed by atoms with Crippen molar-refractivity contribution in [2.24, 2.45) is 11.3 Å². The number of likely N-dealkylation sites (tertiary alicyclic amines) is 1. The molecule has 2 atom stereocenters. The number of piperidine rings is 1. The quantitative estimate of drug-likeness (QED) is 0.842. The van der Waals surface area contributed by atoms with Crippen molar-refractivity contribution in [1.29, 1.82) is 0 Å². The van der Waals surface area contributed by atoms with Crippen LogP contribution in [0.3, 0.4) is 0 Å². The molecule has 4 aliphatic rings. The first kappa shape index (κ1) is 16.4. The van der Waals surface area contributed by atoms with Gasteiger partial charge in [-0.3, -0.25) is 9.59 Å². The molecule has 0 aromatic rings. The van der Waals surface area contributed by atoms with Crippen LogP contribution in [0.2, 0.25) is 0 Å². The summed E-state index contributed by atoms with van der Waals surface area (Å²) >= 11 is 0. The minimum absolute atomic E-state index is 0.0181. The molecule has 24 heavy (non-hydrogen) atoms. The molecule has 0 aromatic carbocycles. The molecule has 2 aliphatic heterocycles. The van der Waals surface area contributed by atoms with Gasteiger partial charge in [-0.15, -0.1) is 0 Å². The highest BCUT2D eigenvalue weighted by molar-refractivity contribution is 5.83. The van der Waals surface area contributed by atoms with Crippen molar-refractivity contribution in [2.45, 2.75) is 76.4 Å². The molecule has 1 N–H and O–H groups in total. The molecule has 0 bridgehead atoms. The van der Waals surface area contributed by atoms with E-state index in [0.717, 1.165) is 51.8 Å². The molecule has 5 nitrogen and oxygen atoms in total. The van der Waals surface area contributed by atoms with E-state index < -0.39 is 0 Å². The van der Waals surface area contributed by atoms with Crippen LogP contribution in [-0.4, -0.2) is 48.1 Å². The zero-order chi connectivity index (χ0) is 16.8. The molecule has 0 radical (unpaired) electrons. The molecular formula is C19H30N2O3. The third-order valence-corrected chi connectivity index (χ3v) is 7.05. The molecule has 2 spiro atoms. The van der Waals surface area contributed by atoms with Crippen molar-refractivity contribution < 1.29 is 14.3 Å². The summed E-state index contributed by atoms with van der Waals surface area (Å²) in [6.45, 7) is 3.91. The van der Waals surface area contributed by atoms with Crippen LogP contribution in [0, 0.1) is 11.3 Å². The summed E-state index contributed by atoms with van der Waals surface area (Å²) in [5.41, 5.74) is 0.127. The number of hydrogen-bond acceptors (Lipinski definition) is 3. The molecule has 2 heterocycles. The van der Waals surface area contributed by atoms with E-state index >= 15 is 0 Å². The fraction of sp³-hybridized carbons (Fsp3) is 0.895. The normalized spacial score (nSPS) is 33.6. The fourth-order valence-corrected chi connectivity index (χ4v) is 5.52. The Kier molecular flexibility index (Phi) is 4.10. The van der Waals surface area contributed by atoms with Gasteiger partial charge in [0.15, 0.2) is 0 Å². The lowest BCUT2D eigenvalue weighted by atomic mass is 9.80. The number of nitrogens with one attached hydrogen (secondary N) is 1. The zero-order valence-corrected chi connectivity index (χ0v) is 14.8. The smallest absolute Gasteiger partial charge is 0.226 e. The van der Waals surface area contributed by atoms with E-state index in [0.29, 0.717) is 17.2 Å². The molecule has 4 rings (SSSR count). The lowest BCUT2D eigenvalue weighted by molar-refractivity contribution is -0.153. The lowest BCUT2D eigenvalue weighted by Gasteiger charge is -2.48. The molecule has 4 fully saturated rings. The van der Waals surface area contributed by atoms with E-state index in [1.807, 2.05) is 0 Å². The maximum absolute atomic E-state index is 12.9. The van der Waals surface area contributed by atoms with Gasteiger partial charge < -0.3 is 15.0 Å². The highest BCUT2D eigenvalue weighted by Gasteiger charge is 2.60. The number of carbonyl (C=O) groups excluding carboxylic acids is 2. The number of hydrogen-bond donors (Lipinski definition) is 1. The summed E-state index contributed by atoms with van der Waals surface area (Å²) < 4.78 is 6.16. The molecule has 2 saturated heterocycles. The number of ether oxygens (including phenoxy) is 1. The summed E-state index contributed by atoms with van der Waals surface area (Å²) in [6.07, 6.45) is 9.94. The van der Waals surface area contributed by atoms with Gasteiger partial charge in [-0.25, -0.2) is 0 Å². The largest absolute Gasteiger partial charge is 0.373 e. The van der Waals surface area contributed by atoms with E-state index in [1.54, 1.807) is 6.92 Å². The Morgan fingerprint density at radius 3 is 2.46 bits per heavy atom. The van der Waals surface area contributed by atoms with E-state index in [1.165, 1.54) is 25.7 Å². The second kappa shape index (κ2) is 6.01. The predicted molar refractivity (Wildman–Crippen MR) is 90.3 cm³/mol. The van der Waals surface area contributed by atoms with E-state index in [4.69, 9.17) is 4.74 Å². The van der Waals surface area contributed by atoms with Crippen molar-refractivity contribution in [1.82, 2.24) is 10.2 Å². The van der Waals surface area contributed by atoms with Crippen molar-refractivity contribution in [3.05, 3.63) is 0 Å². The zero-order valence-electron chi connectivity index (χ0n) is 14.8. The van der Waals surface area contributed by atoms with Gasteiger partial charge in [-0.1, -0.05) is 12.8 Å². The fourth-order valence-electron chi connectivity index (χ4n) is 5.52. The first-order chi connectivity index (χ1) is 11.5. The van der Waals surface area contributed by atoms with Gasteiger partial charge in [0.1, 0.15) is 0 Å². The summed E-state index contributed by atoms with van der Waals surface area (Å²) in [5.74, 6) is 0.704. The average molecular weight is 334 g/mol. The standard InChI is InChI=1S/C19H30N2O3/c1-14(22)20-16-5-4-12-24-19(16)8-10-21(11-9-19)17(23)15-13-18(15)6-2-3-7-18/h15-16H,2-13H2,1H3,(H,20,22). The van der Waals surface area contributed by atoms with Crippen LogP contribution in [0.4, 0.5) is 0 Å². The Balaban J connectivity index is 1.37. The molecule has 2 aliphatic carbocycles. The summed E-state index contributed by atoms with van der Waals surface area (Å²) in [4.78, 5) is 26.5. The summed E-state index contributed by atoms with van der Waals surface area (Å²) in [6, 6.07) is 0.100. The van der Waals surface area contributed by atoms with E-state index in [2.05, 4.69) is 10.2 Å². The topological polar surface area (TPSA) is 58.6 Å². The Morgan fingerprint density at radius 1 is 1.08 bits per heavy atom. The molecule has 2 amide bonds. The number of amides is 2. The van der Waals surface area contributed by atoms with Crippen LogP contribution < -0.4 is 5.32 Å². The van der Waals surface area contributed by atoms with Gasteiger partial charge in [0.25, 0.3) is 0 Å². The van der Waals surface area contributed by atoms with Gasteiger partial charge in [0.05, 0.1) is 11.6 Å². The minimum Gasteiger partial charge on any atom is -0.373 e. The SMILES string of the molecule is CC(=O)NC1CCCOC12CCN(C(=O)C1CC13CCCC3)CC2. The third kappa shape index (κ3) is 2.75. The molecular weight excluding hydrogens is 304 g/mol. The van der Waals surface area contributed by atoms with Crippen LogP contribution in [-0.2, 0) is 14.3 Å². The molecule has 134 valence electrons. The Labute approximate surface area is 144 Å². The van der Waals surface area contributed by atoms with Crippen molar-refractivity contribution >= 4 is 11.8 Å². The van der Waals surface area contributed by atoms with E-state index in [9.17, 15) is 9.59 Å². The highest BCUT2D eigenvalue weighted by atomic mass is 16.5. The van der Waals surface area contributed by atoms with Gasteiger partial charge in [0.2, 0.25) is 11.8 Å². The van der Waals surface area contributed by atoms with Crippen LogP contribution in [0.15, 0.2) is 0 Å². The van der Waals surface area contributed by atoms with Gasteiger partial charge in [-0.05, 0) is 50.4 Å². The molecule has 0 aromatic heterocycles. The molecule has 2 saturated carbocycles. The van der Waals surface area contributed by atoms with Crippen LogP contribution >= 0.6 is 0 Å². The monoisotopic (exact) mass is 334 g/mol. The van der Waals surface area contributed by atoms with Gasteiger partial charge in [0, 0.05) is 32.5 Å². The number of carbonyl (C=O) groups is 2. The average Bonchev–Trinajstić information content (AvgIpc) is 3.06. The lowest BCUT2D eigenvalue weighted by Crippen LogP contribution is -2.61. The van der Waals surface area contributed by atoms with Crippen molar-refractivity contribution in [3.63, 3.8) is 0 Å². The van der Waals surface area contributed by atoms with Gasteiger partial charge >= 0.3 is 0 Å². The number of nitrogens with zero attached hydrogens (tertiary/aromatic N) is 1. The molecule has 5 heteroatoms. The van der Waals surface area contributed by atoms with Crippen molar-refractivity contribution in [2.75, 3.05) is 19.7 Å². The van der Waals surface area contributed by atoms with Gasteiger partial charge in [-0.2, -0.15) is 0 Å².